The minimum atomic E-state index is -1.06. The Morgan fingerprint density at radius 2 is 1.58 bits per heavy atom. The molecule has 0 aliphatic carbocycles. The van der Waals surface area contributed by atoms with Crippen LogP contribution < -0.4 is 5.46 Å². The van der Waals surface area contributed by atoms with Crippen LogP contribution in [0.1, 0.15) is 47.4 Å². The van der Waals surface area contributed by atoms with E-state index in [4.69, 9.17) is 9.31 Å². The average Bonchev–Trinajstić information content (AvgIpc) is 3.02. The summed E-state index contributed by atoms with van der Waals surface area (Å²) >= 11 is 0. The topological polar surface area (TPSA) is 69.4 Å². The second-order valence-electron chi connectivity index (χ2n) is 7.75. The first-order valence-electron chi connectivity index (χ1n) is 8.10. The Labute approximate surface area is 143 Å². The Bertz CT molecular complexity index is 716. The lowest BCUT2D eigenvalue weighted by Gasteiger charge is -2.32. The number of aromatic nitrogens is 3. The van der Waals surface area contributed by atoms with Crippen LogP contribution in [0, 0.1) is 0 Å². The van der Waals surface area contributed by atoms with Crippen LogP contribution in [0.5, 0.6) is 0 Å². The van der Waals surface area contributed by atoms with Gasteiger partial charge in [-0.15, -0.1) is 5.10 Å². The smallest absolute Gasteiger partial charge is 0.399 e. The lowest BCUT2D eigenvalue weighted by molar-refractivity contribution is 0.00578. The van der Waals surface area contributed by atoms with Crippen LogP contribution in [-0.4, -0.2) is 38.2 Å². The number of hydrogen-bond acceptors (Lipinski definition) is 5. The van der Waals surface area contributed by atoms with Crippen molar-refractivity contribution >= 4 is 12.6 Å². The summed E-state index contributed by atoms with van der Waals surface area (Å²) in [4.78, 5) is 4.15. The van der Waals surface area contributed by atoms with Crippen molar-refractivity contribution in [3.8, 4) is 5.69 Å². The van der Waals surface area contributed by atoms with E-state index in [1.165, 1.54) is 0 Å². The maximum atomic E-state index is 9.96. The highest BCUT2D eigenvalue weighted by molar-refractivity contribution is 6.62. The molecule has 3 rings (SSSR count). The van der Waals surface area contributed by atoms with Crippen LogP contribution >= 0.6 is 0 Å². The van der Waals surface area contributed by atoms with E-state index < -0.39 is 5.60 Å². The third kappa shape index (κ3) is 2.99. The van der Waals surface area contributed by atoms with Crippen LogP contribution in [0.4, 0.5) is 0 Å². The second kappa shape index (κ2) is 5.41. The molecule has 0 saturated carbocycles. The van der Waals surface area contributed by atoms with Crippen molar-refractivity contribution < 1.29 is 14.4 Å². The van der Waals surface area contributed by atoms with Gasteiger partial charge in [0.1, 0.15) is 11.9 Å². The fraction of sp³-hybridized carbons (Fsp3) is 0.529. The molecule has 0 unspecified atom stereocenters. The largest absolute Gasteiger partial charge is 0.494 e. The van der Waals surface area contributed by atoms with Gasteiger partial charge in [-0.25, -0.2) is 9.67 Å². The van der Waals surface area contributed by atoms with E-state index in [2.05, 4.69) is 10.1 Å². The van der Waals surface area contributed by atoms with E-state index in [0.717, 1.165) is 11.2 Å². The molecule has 2 heterocycles. The highest BCUT2D eigenvalue weighted by Gasteiger charge is 2.51. The molecule has 128 valence electrons. The van der Waals surface area contributed by atoms with Gasteiger partial charge in [-0.2, -0.15) is 0 Å². The summed E-state index contributed by atoms with van der Waals surface area (Å²) in [5.41, 5.74) is 0.0418. The number of hydrogen-bond donors (Lipinski definition) is 1. The molecule has 7 heteroatoms. The predicted molar refractivity (Wildman–Crippen MR) is 92.3 cm³/mol. The van der Waals surface area contributed by atoms with Gasteiger partial charge in [0, 0.05) is 0 Å². The Balaban J connectivity index is 1.81. The second-order valence-corrected chi connectivity index (χ2v) is 7.75. The number of rotatable bonds is 3. The molecule has 1 aliphatic rings. The summed E-state index contributed by atoms with van der Waals surface area (Å²) in [5, 5.41) is 14.3. The first kappa shape index (κ1) is 17.1. The average molecular weight is 329 g/mol. The molecule has 0 spiro atoms. The zero-order valence-electron chi connectivity index (χ0n) is 15.1. The van der Waals surface area contributed by atoms with Crippen molar-refractivity contribution in [1.29, 1.82) is 0 Å². The fourth-order valence-electron chi connectivity index (χ4n) is 2.43. The molecule has 0 amide bonds. The Morgan fingerprint density at radius 3 is 2.04 bits per heavy atom. The fourth-order valence-corrected chi connectivity index (χ4v) is 2.43. The molecule has 0 atom stereocenters. The van der Waals surface area contributed by atoms with Crippen molar-refractivity contribution in [3.05, 3.63) is 36.4 Å². The van der Waals surface area contributed by atoms with Gasteiger partial charge < -0.3 is 14.4 Å². The molecule has 0 radical (unpaired) electrons. The summed E-state index contributed by atoms with van der Waals surface area (Å²) in [5.74, 6) is 0.387. The van der Waals surface area contributed by atoms with Crippen LogP contribution in [-0.2, 0) is 14.9 Å². The summed E-state index contributed by atoms with van der Waals surface area (Å²) in [6.45, 7) is 11.5. The molecule has 6 nitrogen and oxygen atoms in total. The van der Waals surface area contributed by atoms with Gasteiger partial charge in [0.2, 0.25) is 0 Å². The van der Waals surface area contributed by atoms with Gasteiger partial charge in [0.15, 0.2) is 5.82 Å². The van der Waals surface area contributed by atoms with Gasteiger partial charge in [-0.3, -0.25) is 0 Å². The van der Waals surface area contributed by atoms with E-state index in [0.29, 0.717) is 5.82 Å². The normalized spacial score (nSPS) is 19.7. The standard InChI is InChI=1S/C17H24BN3O3/c1-15(2,22)14-19-11-21(20-14)13-9-7-12(8-10-13)18-23-16(3,4)17(5,6)24-18/h7-11,22H,1-6H3. The molecule has 1 aromatic heterocycles. The van der Waals surface area contributed by atoms with Gasteiger partial charge >= 0.3 is 7.12 Å². The molecule has 2 aromatic rings. The molecule has 0 bridgehead atoms. The van der Waals surface area contributed by atoms with E-state index in [1.807, 2.05) is 52.0 Å². The van der Waals surface area contributed by atoms with E-state index in [1.54, 1.807) is 24.9 Å². The minimum absolute atomic E-state index is 0.357. The van der Waals surface area contributed by atoms with Crippen LogP contribution in [0.25, 0.3) is 5.69 Å². The van der Waals surface area contributed by atoms with Crippen LogP contribution in [0.2, 0.25) is 0 Å². The SMILES string of the molecule is CC(C)(O)c1ncn(-c2ccc(B3OC(C)(C)C(C)(C)O3)cc2)n1. The highest BCUT2D eigenvalue weighted by Crippen LogP contribution is 2.36. The number of benzene rings is 1. The summed E-state index contributed by atoms with van der Waals surface area (Å²) in [6, 6.07) is 7.79. The monoisotopic (exact) mass is 329 g/mol. The van der Waals surface area contributed by atoms with Crippen molar-refractivity contribution in [1.82, 2.24) is 14.8 Å². The quantitative estimate of drug-likeness (QED) is 0.870. The molecular formula is C17H24BN3O3. The molecule has 24 heavy (non-hydrogen) atoms. The zero-order valence-corrected chi connectivity index (χ0v) is 15.1. The number of aliphatic hydroxyl groups is 1. The lowest BCUT2D eigenvalue weighted by atomic mass is 9.79. The summed E-state index contributed by atoms with van der Waals surface area (Å²) < 4.78 is 13.7. The first-order chi connectivity index (χ1) is 11.0. The van der Waals surface area contributed by atoms with E-state index >= 15 is 0 Å². The lowest BCUT2D eigenvalue weighted by Crippen LogP contribution is -2.41. The molecule has 1 aromatic carbocycles. The summed E-state index contributed by atoms with van der Waals surface area (Å²) in [6.07, 6.45) is 1.59. The maximum Gasteiger partial charge on any atom is 0.494 e. The molecular weight excluding hydrogens is 305 g/mol. The first-order valence-corrected chi connectivity index (χ1v) is 8.10. The Morgan fingerprint density at radius 1 is 1.04 bits per heavy atom. The zero-order chi connectivity index (χ0) is 17.8. The van der Waals surface area contributed by atoms with E-state index in [9.17, 15) is 5.11 Å². The Hall–Kier alpha value is -1.70. The van der Waals surface area contributed by atoms with Gasteiger partial charge in [0.25, 0.3) is 0 Å². The molecule has 1 N–H and O–H groups in total. The van der Waals surface area contributed by atoms with E-state index in [-0.39, 0.29) is 18.3 Å². The van der Waals surface area contributed by atoms with Crippen LogP contribution in [0.15, 0.2) is 30.6 Å². The summed E-state index contributed by atoms with van der Waals surface area (Å²) in [7, 11) is -0.383. The third-order valence-corrected chi connectivity index (χ3v) is 4.72. The van der Waals surface area contributed by atoms with Crippen molar-refractivity contribution in [2.45, 2.75) is 58.3 Å². The Kier molecular flexibility index (Phi) is 3.86. The minimum Gasteiger partial charge on any atom is -0.399 e. The van der Waals surface area contributed by atoms with Crippen LogP contribution in [0.3, 0.4) is 0 Å². The molecule has 1 aliphatic heterocycles. The van der Waals surface area contributed by atoms with Gasteiger partial charge in [-0.1, -0.05) is 12.1 Å². The highest BCUT2D eigenvalue weighted by atomic mass is 16.7. The third-order valence-electron chi connectivity index (χ3n) is 4.72. The molecule has 1 fully saturated rings. The van der Waals surface area contributed by atoms with Crippen molar-refractivity contribution in [3.63, 3.8) is 0 Å². The molecule has 1 saturated heterocycles. The van der Waals surface area contributed by atoms with Gasteiger partial charge in [-0.05, 0) is 59.1 Å². The van der Waals surface area contributed by atoms with Crippen molar-refractivity contribution in [2.75, 3.05) is 0 Å². The predicted octanol–water partition coefficient (Wildman–Crippen LogP) is 1.79. The van der Waals surface area contributed by atoms with Gasteiger partial charge in [0.05, 0.1) is 16.9 Å². The number of nitrogens with zero attached hydrogens (tertiary/aromatic N) is 3. The maximum absolute atomic E-state index is 9.96. The van der Waals surface area contributed by atoms with Crippen molar-refractivity contribution in [2.24, 2.45) is 0 Å².